The van der Waals surface area contributed by atoms with E-state index >= 15 is 0 Å². The number of nitrogens with one attached hydrogen (secondary N) is 2. The summed E-state index contributed by atoms with van der Waals surface area (Å²) in [6.45, 7) is 1.79. The Bertz CT molecular complexity index is 856. The van der Waals surface area contributed by atoms with Crippen molar-refractivity contribution in [3.05, 3.63) is 48.5 Å². The van der Waals surface area contributed by atoms with Gasteiger partial charge in [0.05, 0.1) is 24.5 Å². The van der Waals surface area contributed by atoms with Crippen LogP contribution in [0.25, 0.3) is 0 Å². The Morgan fingerprint density at radius 3 is 2.54 bits per heavy atom. The maximum atomic E-state index is 12.5. The number of methoxy groups -OCH3 is 1. The number of carbonyl (C=O) groups is 3. The maximum Gasteiger partial charge on any atom is 0.303 e. The molecule has 0 bridgehead atoms. The first-order valence-electron chi connectivity index (χ1n) is 8.61. The molecule has 0 heterocycles. The van der Waals surface area contributed by atoms with Gasteiger partial charge >= 0.3 is 5.97 Å². The number of anilines is 2. The molecule has 0 aliphatic carbocycles. The average molecular weight is 402 g/mol. The molecular weight excluding hydrogens is 380 g/mol. The van der Waals surface area contributed by atoms with Crippen LogP contribution in [0.3, 0.4) is 0 Å². The number of ether oxygens (including phenoxy) is 1. The van der Waals surface area contributed by atoms with Gasteiger partial charge in [-0.05, 0) is 37.3 Å². The van der Waals surface area contributed by atoms with E-state index in [1.165, 1.54) is 11.8 Å². The van der Waals surface area contributed by atoms with Crippen LogP contribution in [0.5, 0.6) is 5.75 Å². The first kappa shape index (κ1) is 21.3. The van der Waals surface area contributed by atoms with Gasteiger partial charge in [0.2, 0.25) is 11.8 Å². The molecule has 2 aromatic rings. The summed E-state index contributed by atoms with van der Waals surface area (Å²) in [5, 5.41) is 13.8. The number of benzene rings is 2. The van der Waals surface area contributed by atoms with Gasteiger partial charge in [0.15, 0.2) is 0 Å². The number of carbonyl (C=O) groups excluding carboxylic acids is 2. The van der Waals surface area contributed by atoms with E-state index in [0.29, 0.717) is 17.1 Å². The summed E-state index contributed by atoms with van der Waals surface area (Å²) in [6, 6.07) is 14.2. The molecule has 0 aliphatic heterocycles. The molecule has 1 unspecified atom stereocenters. The van der Waals surface area contributed by atoms with Crippen molar-refractivity contribution in [2.75, 3.05) is 17.7 Å². The Kier molecular flexibility index (Phi) is 7.88. The monoisotopic (exact) mass is 402 g/mol. The summed E-state index contributed by atoms with van der Waals surface area (Å²) in [6.07, 6.45) is -0.315. The summed E-state index contributed by atoms with van der Waals surface area (Å²) in [5.41, 5.74) is 1.15. The molecule has 0 spiro atoms. The molecule has 0 aliphatic rings. The Balaban J connectivity index is 1.96. The molecule has 2 rings (SSSR count). The van der Waals surface area contributed by atoms with Crippen molar-refractivity contribution in [2.45, 2.75) is 29.9 Å². The molecule has 7 nitrogen and oxygen atoms in total. The predicted molar refractivity (Wildman–Crippen MR) is 109 cm³/mol. The fourth-order valence-corrected chi connectivity index (χ4v) is 3.26. The van der Waals surface area contributed by atoms with E-state index in [4.69, 9.17) is 9.84 Å². The molecule has 0 radical (unpaired) electrons. The fraction of sp³-hybridized carbons (Fsp3) is 0.250. The van der Waals surface area contributed by atoms with Gasteiger partial charge in [0, 0.05) is 17.0 Å². The number of carboxylic acids is 1. The highest BCUT2D eigenvalue weighted by Gasteiger charge is 2.16. The maximum absolute atomic E-state index is 12.5. The molecule has 1 atom stereocenters. The topological polar surface area (TPSA) is 105 Å². The Morgan fingerprint density at radius 1 is 1.07 bits per heavy atom. The first-order valence-corrected chi connectivity index (χ1v) is 9.49. The van der Waals surface area contributed by atoms with E-state index in [1.54, 1.807) is 44.4 Å². The van der Waals surface area contributed by atoms with Crippen LogP contribution in [0.4, 0.5) is 11.4 Å². The van der Waals surface area contributed by atoms with E-state index in [0.717, 1.165) is 4.90 Å². The van der Waals surface area contributed by atoms with Crippen LogP contribution >= 0.6 is 11.8 Å². The molecule has 0 saturated heterocycles. The van der Waals surface area contributed by atoms with E-state index < -0.39 is 5.97 Å². The normalized spacial score (nSPS) is 11.4. The first-order chi connectivity index (χ1) is 13.4. The van der Waals surface area contributed by atoms with Gasteiger partial charge < -0.3 is 20.5 Å². The van der Waals surface area contributed by atoms with Crippen LogP contribution in [0, 0.1) is 0 Å². The lowest BCUT2D eigenvalue weighted by Gasteiger charge is -2.14. The zero-order chi connectivity index (χ0) is 20.5. The lowest BCUT2D eigenvalue weighted by atomic mass is 10.2. The molecule has 148 valence electrons. The standard InChI is InChI=1S/C20H22N2O5S/c1-13(20(26)22-16-8-3-4-9-17(16)27-2)28-15-7-5-6-14(12-15)21-18(23)10-11-19(24)25/h3-9,12-13H,10-11H2,1-2H3,(H,21,23)(H,22,26)(H,24,25). The second-order valence-corrected chi connectivity index (χ2v) is 7.33. The summed E-state index contributed by atoms with van der Waals surface area (Å²) in [7, 11) is 1.54. The van der Waals surface area contributed by atoms with Gasteiger partial charge in [-0.25, -0.2) is 0 Å². The van der Waals surface area contributed by atoms with Crippen molar-refractivity contribution in [3.8, 4) is 5.75 Å². The van der Waals surface area contributed by atoms with Gasteiger partial charge in [-0.1, -0.05) is 18.2 Å². The third-order valence-corrected chi connectivity index (χ3v) is 4.82. The van der Waals surface area contributed by atoms with Crippen LogP contribution in [0.15, 0.2) is 53.4 Å². The molecule has 0 fully saturated rings. The van der Waals surface area contributed by atoms with Crippen molar-refractivity contribution >= 4 is 40.9 Å². The number of hydrogen-bond donors (Lipinski definition) is 3. The minimum Gasteiger partial charge on any atom is -0.495 e. The minimum absolute atomic E-state index is 0.0928. The lowest BCUT2D eigenvalue weighted by Crippen LogP contribution is -2.22. The molecule has 0 saturated carbocycles. The van der Waals surface area contributed by atoms with Gasteiger partial charge in [-0.2, -0.15) is 0 Å². The Labute approximate surface area is 167 Å². The van der Waals surface area contributed by atoms with Crippen molar-refractivity contribution in [2.24, 2.45) is 0 Å². The zero-order valence-electron chi connectivity index (χ0n) is 15.6. The SMILES string of the molecule is COc1ccccc1NC(=O)C(C)Sc1cccc(NC(=O)CCC(=O)O)c1. The summed E-state index contributed by atoms with van der Waals surface area (Å²) >= 11 is 1.35. The van der Waals surface area contributed by atoms with Crippen LogP contribution < -0.4 is 15.4 Å². The summed E-state index contributed by atoms with van der Waals surface area (Å²) in [5.74, 6) is -0.981. The highest BCUT2D eigenvalue weighted by atomic mass is 32.2. The van der Waals surface area contributed by atoms with Gasteiger partial charge in [-0.15, -0.1) is 11.8 Å². The van der Waals surface area contributed by atoms with E-state index in [2.05, 4.69) is 10.6 Å². The van der Waals surface area contributed by atoms with Crippen LogP contribution in [0.1, 0.15) is 19.8 Å². The third kappa shape index (κ3) is 6.62. The third-order valence-electron chi connectivity index (χ3n) is 3.73. The van der Waals surface area contributed by atoms with Crippen LogP contribution in [0.2, 0.25) is 0 Å². The molecule has 2 amide bonds. The number of aliphatic carboxylic acids is 1. The summed E-state index contributed by atoms with van der Waals surface area (Å²) < 4.78 is 5.23. The number of rotatable bonds is 9. The second kappa shape index (κ2) is 10.4. The van der Waals surface area contributed by atoms with Crippen molar-refractivity contribution < 1.29 is 24.2 Å². The highest BCUT2D eigenvalue weighted by molar-refractivity contribution is 8.00. The van der Waals surface area contributed by atoms with Crippen LogP contribution in [-0.2, 0) is 14.4 Å². The molecule has 2 aromatic carbocycles. The molecule has 3 N–H and O–H groups in total. The van der Waals surface area contributed by atoms with Gasteiger partial charge in [0.25, 0.3) is 0 Å². The number of para-hydroxylation sites is 2. The molecule has 0 aromatic heterocycles. The van der Waals surface area contributed by atoms with E-state index in [-0.39, 0.29) is 29.9 Å². The number of amides is 2. The lowest BCUT2D eigenvalue weighted by molar-refractivity contribution is -0.138. The van der Waals surface area contributed by atoms with E-state index in [9.17, 15) is 14.4 Å². The summed E-state index contributed by atoms with van der Waals surface area (Å²) in [4.78, 5) is 35.6. The fourth-order valence-electron chi connectivity index (χ4n) is 2.33. The van der Waals surface area contributed by atoms with Gasteiger partial charge in [0.1, 0.15) is 5.75 Å². The van der Waals surface area contributed by atoms with E-state index in [1.807, 2.05) is 18.2 Å². The van der Waals surface area contributed by atoms with Crippen molar-refractivity contribution in [1.29, 1.82) is 0 Å². The molecule has 8 heteroatoms. The number of carboxylic acid groups (broad SMARTS) is 1. The van der Waals surface area contributed by atoms with Crippen molar-refractivity contribution in [3.63, 3.8) is 0 Å². The Hall–Kier alpha value is -3.00. The average Bonchev–Trinajstić information content (AvgIpc) is 2.67. The zero-order valence-corrected chi connectivity index (χ0v) is 16.4. The predicted octanol–water partition coefficient (Wildman–Crippen LogP) is 3.62. The molecule has 28 heavy (non-hydrogen) atoms. The largest absolute Gasteiger partial charge is 0.495 e. The quantitative estimate of drug-likeness (QED) is 0.554. The number of hydrogen-bond acceptors (Lipinski definition) is 5. The van der Waals surface area contributed by atoms with Crippen LogP contribution in [-0.4, -0.2) is 35.2 Å². The second-order valence-electron chi connectivity index (χ2n) is 5.92. The molecular formula is C20H22N2O5S. The number of thioether (sulfide) groups is 1. The minimum atomic E-state index is -1.02. The van der Waals surface area contributed by atoms with Gasteiger partial charge in [-0.3, -0.25) is 14.4 Å². The Morgan fingerprint density at radius 2 is 1.82 bits per heavy atom. The highest BCUT2D eigenvalue weighted by Crippen LogP contribution is 2.28. The smallest absolute Gasteiger partial charge is 0.303 e. The van der Waals surface area contributed by atoms with Crippen molar-refractivity contribution in [1.82, 2.24) is 0 Å².